The molecule has 5 nitrogen and oxygen atoms in total. The zero-order valence-electron chi connectivity index (χ0n) is 10.9. The number of para-hydroxylation sites is 1. The largest absolute Gasteiger partial charge is 0.478 e. The molecule has 0 spiro atoms. The number of hydrogen-bond donors (Lipinski definition) is 1. The summed E-state index contributed by atoms with van der Waals surface area (Å²) in [6.07, 6.45) is 0.223. The van der Waals surface area contributed by atoms with E-state index in [1.807, 2.05) is 0 Å². The summed E-state index contributed by atoms with van der Waals surface area (Å²) in [5, 5.41) is 20.3. The van der Waals surface area contributed by atoms with E-state index in [2.05, 4.69) is 0 Å². The molecule has 20 heavy (non-hydrogen) atoms. The van der Waals surface area contributed by atoms with E-state index in [1.165, 1.54) is 6.07 Å². The molecular weight excluding hydrogens is 258 g/mol. The zero-order chi connectivity index (χ0) is 14.7. The molecule has 0 unspecified atom stereocenters. The van der Waals surface area contributed by atoms with Gasteiger partial charge in [0.2, 0.25) is 0 Å². The lowest BCUT2D eigenvalue weighted by molar-refractivity contribution is -0.386. The van der Waals surface area contributed by atoms with Crippen molar-refractivity contribution in [2.75, 3.05) is 0 Å². The Morgan fingerprint density at radius 1 is 1.15 bits per heavy atom. The Kier molecular flexibility index (Phi) is 3.79. The topological polar surface area (TPSA) is 80.4 Å². The summed E-state index contributed by atoms with van der Waals surface area (Å²) >= 11 is 0. The number of rotatable bonds is 4. The summed E-state index contributed by atoms with van der Waals surface area (Å²) in [4.78, 5) is 21.9. The molecule has 102 valence electrons. The number of hydrogen-bond acceptors (Lipinski definition) is 3. The first-order chi connectivity index (χ1) is 9.50. The molecule has 0 atom stereocenters. The maximum absolute atomic E-state index is 11.2. The Labute approximate surface area is 115 Å². The highest BCUT2D eigenvalue weighted by Crippen LogP contribution is 2.26. The van der Waals surface area contributed by atoms with Crippen molar-refractivity contribution in [1.29, 1.82) is 0 Å². The molecule has 0 saturated carbocycles. The summed E-state index contributed by atoms with van der Waals surface area (Å²) in [5.41, 5.74) is 1.87. The van der Waals surface area contributed by atoms with Crippen LogP contribution >= 0.6 is 0 Å². The van der Waals surface area contributed by atoms with Gasteiger partial charge in [0, 0.05) is 17.5 Å². The highest BCUT2D eigenvalue weighted by Gasteiger charge is 2.18. The van der Waals surface area contributed by atoms with Crippen LogP contribution in [0.3, 0.4) is 0 Å². The van der Waals surface area contributed by atoms with Gasteiger partial charge < -0.3 is 5.11 Å². The van der Waals surface area contributed by atoms with Gasteiger partial charge in [-0.1, -0.05) is 36.4 Å². The number of nitro groups is 1. The third-order valence-electron chi connectivity index (χ3n) is 3.13. The molecule has 0 radical (unpaired) electrons. The summed E-state index contributed by atoms with van der Waals surface area (Å²) in [6, 6.07) is 11.6. The van der Waals surface area contributed by atoms with Gasteiger partial charge in [-0.3, -0.25) is 10.1 Å². The van der Waals surface area contributed by atoms with Gasteiger partial charge in [-0.05, 0) is 18.6 Å². The number of carboxylic acids is 1. The van der Waals surface area contributed by atoms with Crippen LogP contribution in [-0.2, 0) is 6.42 Å². The number of aryl methyl sites for hydroxylation is 1. The van der Waals surface area contributed by atoms with Crippen LogP contribution in [0, 0.1) is 17.0 Å². The molecule has 0 bridgehead atoms. The van der Waals surface area contributed by atoms with E-state index in [0.29, 0.717) is 16.7 Å². The molecule has 0 aliphatic carbocycles. The van der Waals surface area contributed by atoms with E-state index < -0.39 is 10.9 Å². The molecular formula is C15H13NO4. The van der Waals surface area contributed by atoms with Gasteiger partial charge in [-0.25, -0.2) is 4.79 Å². The molecule has 0 saturated heterocycles. The molecule has 2 rings (SSSR count). The molecule has 5 heteroatoms. The quantitative estimate of drug-likeness (QED) is 0.684. The van der Waals surface area contributed by atoms with Gasteiger partial charge in [0.15, 0.2) is 0 Å². The van der Waals surface area contributed by atoms with Crippen molar-refractivity contribution in [2.45, 2.75) is 13.3 Å². The number of carboxylic acid groups (broad SMARTS) is 1. The lowest BCUT2D eigenvalue weighted by Gasteiger charge is -2.08. The summed E-state index contributed by atoms with van der Waals surface area (Å²) in [6.45, 7) is 1.67. The van der Waals surface area contributed by atoms with Crippen LogP contribution in [0.25, 0.3) is 0 Å². The van der Waals surface area contributed by atoms with Gasteiger partial charge in [0.05, 0.1) is 10.5 Å². The van der Waals surface area contributed by atoms with Gasteiger partial charge in [0.1, 0.15) is 0 Å². The van der Waals surface area contributed by atoms with Crippen LogP contribution in [0.15, 0.2) is 42.5 Å². The average molecular weight is 271 g/mol. The smallest absolute Gasteiger partial charge is 0.335 e. The first-order valence-corrected chi connectivity index (χ1v) is 6.04. The molecule has 2 aromatic carbocycles. The highest BCUT2D eigenvalue weighted by molar-refractivity contribution is 5.89. The Balaban J connectivity index is 2.49. The van der Waals surface area contributed by atoms with Crippen molar-refractivity contribution in [3.05, 3.63) is 74.8 Å². The van der Waals surface area contributed by atoms with Crippen LogP contribution in [0.1, 0.15) is 27.0 Å². The van der Waals surface area contributed by atoms with Crippen molar-refractivity contribution < 1.29 is 14.8 Å². The van der Waals surface area contributed by atoms with Crippen molar-refractivity contribution in [3.8, 4) is 0 Å². The van der Waals surface area contributed by atoms with Crippen LogP contribution in [0.4, 0.5) is 5.69 Å². The van der Waals surface area contributed by atoms with Gasteiger partial charge in [-0.15, -0.1) is 0 Å². The van der Waals surface area contributed by atoms with Crippen molar-refractivity contribution in [2.24, 2.45) is 0 Å². The monoisotopic (exact) mass is 271 g/mol. The minimum absolute atomic E-state index is 0.0488. The second-order valence-corrected chi connectivity index (χ2v) is 4.48. The number of benzene rings is 2. The third kappa shape index (κ3) is 2.66. The molecule has 0 heterocycles. The van der Waals surface area contributed by atoms with Crippen LogP contribution in [0.2, 0.25) is 0 Å². The number of aromatic carboxylic acids is 1. The second-order valence-electron chi connectivity index (χ2n) is 4.48. The van der Waals surface area contributed by atoms with Gasteiger partial charge in [0.25, 0.3) is 5.69 Å². The SMILES string of the molecule is Cc1cccc(Cc2ccccc2C(=O)O)c1[N+](=O)[O-]. The third-order valence-corrected chi connectivity index (χ3v) is 3.13. The second kappa shape index (κ2) is 5.52. The Bertz CT molecular complexity index is 679. The van der Waals surface area contributed by atoms with Gasteiger partial charge >= 0.3 is 5.97 Å². The number of nitrogens with zero attached hydrogens (tertiary/aromatic N) is 1. The van der Waals surface area contributed by atoms with E-state index in [9.17, 15) is 14.9 Å². The average Bonchev–Trinajstić information content (AvgIpc) is 2.38. The van der Waals surface area contributed by atoms with E-state index in [1.54, 1.807) is 43.3 Å². The first kappa shape index (κ1) is 13.7. The van der Waals surface area contributed by atoms with E-state index in [0.717, 1.165) is 0 Å². The minimum Gasteiger partial charge on any atom is -0.478 e. The number of nitro benzene ring substituents is 1. The predicted octanol–water partition coefficient (Wildman–Crippen LogP) is 3.19. The normalized spacial score (nSPS) is 10.2. The fraction of sp³-hybridized carbons (Fsp3) is 0.133. The molecule has 0 aliphatic heterocycles. The summed E-state index contributed by atoms with van der Waals surface area (Å²) < 4.78 is 0. The lowest BCUT2D eigenvalue weighted by atomic mass is 9.97. The maximum atomic E-state index is 11.2. The van der Waals surface area contributed by atoms with Gasteiger partial charge in [-0.2, -0.15) is 0 Å². The molecule has 2 aromatic rings. The van der Waals surface area contributed by atoms with Crippen molar-refractivity contribution in [1.82, 2.24) is 0 Å². The molecule has 1 N–H and O–H groups in total. The molecule has 0 aliphatic rings. The highest BCUT2D eigenvalue weighted by atomic mass is 16.6. The summed E-state index contributed by atoms with van der Waals surface area (Å²) in [7, 11) is 0. The fourth-order valence-corrected chi connectivity index (χ4v) is 2.21. The van der Waals surface area contributed by atoms with E-state index in [-0.39, 0.29) is 17.7 Å². The Morgan fingerprint density at radius 2 is 1.80 bits per heavy atom. The number of carbonyl (C=O) groups is 1. The van der Waals surface area contributed by atoms with Crippen molar-refractivity contribution in [3.63, 3.8) is 0 Å². The van der Waals surface area contributed by atoms with Crippen molar-refractivity contribution >= 4 is 11.7 Å². The van der Waals surface area contributed by atoms with Crippen LogP contribution < -0.4 is 0 Å². The zero-order valence-corrected chi connectivity index (χ0v) is 10.9. The maximum Gasteiger partial charge on any atom is 0.335 e. The minimum atomic E-state index is -1.03. The molecule has 0 fully saturated rings. The van der Waals surface area contributed by atoms with Crippen LogP contribution in [0.5, 0.6) is 0 Å². The Morgan fingerprint density at radius 3 is 2.45 bits per heavy atom. The van der Waals surface area contributed by atoms with E-state index >= 15 is 0 Å². The Hall–Kier alpha value is -2.69. The first-order valence-electron chi connectivity index (χ1n) is 6.04. The fourth-order valence-electron chi connectivity index (χ4n) is 2.21. The molecule has 0 aromatic heterocycles. The summed E-state index contributed by atoms with van der Waals surface area (Å²) in [5.74, 6) is -1.03. The predicted molar refractivity (Wildman–Crippen MR) is 74.0 cm³/mol. The standard InChI is InChI=1S/C15H13NO4/c1-10-5-4-7-12(14(10)16(19)20)9-11-6-2-3-8-13(11)15(17)18/h2-8H,9H2,1H3,(H,17,18). The van der Waals surface area contributed by atoms with E-state index in [4.69, 9.17) is 5.11 Å². The lowest BCUT2D eigenvalue weighted by Crippen LogP contribution is -2.05. The van der Waals surface area contributed by atoms with Crippen LogP contribution in [-0.4, -0.2) is 16.0 Å². The molecule has 0 amide bonds.